The average Bonchev–Trinajstić information content (AvgIpc) is 3.31. The Morgan fingerprint density at radius 1 is 1.35 bits per heavy atom. The number of carbonyl (C=O) groups is 1. The van der Waals surface area contributed by atoms with Crippen molar-refractivity contribution in [3.63, 3.8) is 0 Å². The van der Waals surface area contributed by atoms with Crippen molar-refractivity contribution in [1.82, 2.24) is 16.0 Å². The third-order valence-corrected chi connectivity index (χ3v) is 4.25. The summed E-state index contributed by atoms with van der Waals surface area (Å²) in [6, 6.07) is 4.13. The summed E-state index contributed by atoms with van der Waals surface area (Å²) in [7, 11) is 0. The molecular weight excluding hydrogens is 332 g/mol. The van der Waals surface area contributed by atoms with Crippen LogP contribution in [0.4, 0.5) is 0 Å². The molecule has 26 heavy (non-hydrogen) atoms. The second-order valence-electron chi connectivity index (χ2n) is 6.47. The summed E-state index contributed by atoms with van der Waals surface area (Å²) in [6.45, 7) is 5.19. The van der Waals surface area contributed by atoms with Crippen molar-refractivity contribution < 1.29 is 13.9 Å². The molecule has 0 bridgehead atoms. The molecule has 146 valence electrons. The molecule has 0 spiro atoms. The minimum Gasteiger partial charge on any atom is -0.467 e. The first kappa shape index (κ1) is 20.3. The molecule has 3 N–H and O–H groups in total. The van der Waals surface area contributed by atoms with E-state index in [9.17, 15) is 4.79 Å². The van der Waals surface area contributed by atoms with Gasteiger partial charge >= 0.3 is 0 Å². The molecule has 0 atom stereocenters. The molecule has 1 fully saturated rings. The Hall–Kier alpha value is -2.02. The number of hydrogen-bond donors (Lipinski definition) is 3. The number of hydrogen-bond acceptors (Lipinski definition) is 4. The summed E-state index contributed by atoms with van der Waals surface area (Å²) in [4.78, 5) is 16.4. The first-order valence-corrected chi connectivity index (χ1v) is 9.69. The molecule has 1 aliphatic carbocycles. The van der Waals surface area contributed by atoms with E-state index in [1.54, 1.807) is 6.26 Å². The van der Waals surface area contributed by atoms with Crippen LogP contribution in [-0.4, -0.2) is 44.1 Å². The van der Waals surface area contributed by atoms with Gasteiger partial charge in [-0.05, 0) is 38.3 Å². The number of furan rings is 1. The number of nitrogens with zero attached hydrogens (tertiary/aromatic N) is 1. The minimum absolute atomic E-state index is 0.117. The molecule has 0 aromatic carbocycles. The smallest absolute Gasteiger partial charge is 0.221 e. The molecule has 0 radical (unpaired) electrons. The van der Waals surface area contributed by atoms with Crippen molar-refractivity contribution >= 4 is 11.9 Å². The van der Waals surface area contributed by atoms with Gasteiger partial charge in [-0.1, -0.05) is 12.8 Å². The fraction of sp³-hybridized carbons (Fsp3) is 0.684. The van der Waals surface area contributed by atoms with E-state index < -0.39 is 0 Å². The Balaban J connectivity index is 1.55. The van der Waals surface area contributed by atoms with Crippen LogP contribution in [0.3, 0.4) is 0 Å². The van der Waals surface area contributed by atoms with E-state index in [4.69, 9.17) is 9.15 Å². The molecule has 1 amide bonds. The topological polar surface area (TPSA) is 87.9 Å². The second kappa shape index (κ2) is 12.4. The lowest BCUT2D eigenvalue weighted by Crippen LogP contribution is -2.40. The van der Waals surface area contributed by atoms with Gasteiger partial charge in [-0.3, -0.25) is 9.79 Å². The molecule has 0 saturated heterocycles. The van der Waals surface area contributed by atoms with E-state index in [2.05, 4.69) is 20.9 Å². The number of ether oxygens (including phenoxy) is 1. The molecular formula is C19H32N4O3. The predicted molar refractivity (Wildman–Crippen MR) is 102 cm³/mol. The highest BCUT2D eigenvalue weighted by atomic mass is 16.5. The Bertz CT molecular complexity index is 525. The van der Waals surface area contributed by atoms with Crippen molar-refractivity contribution in [2.75, 3.05) is 26.2 Å². The van der Waals surface area contributed by atoms with Crippen LogP contribution >= 0.6 is 0 Å². The lowest BCUT2D eigenvalue weighted by molar-refractivity contribution is -0.121. The van der Waals surface area contributed by atoms with E-state index in [0.717, 1.165) is 37.5 Å². The Morgan fingerprint density at radius 3 is 2.92 bits per heavy atom. The van der Waals surface area contributed by atoms with Crippen molar-refractivity contribution in [3.05, 3.63) is 24.2 Å². The summed E-state index contributed by atoms with van der Waals surface area (Å²) in [5, 5.41) is 9.51. The lowest BCUT2D eigenvalue weighted by atomic mass is 10.2. The molecule has 1 saturated carbocycles. The first-order chi connectivity index (χ1) is 12.8. The maximum Gasteiger partial charge on any atom is 0.221 e. The third-order valence-electron chi connectivity index (χ3n) is 4.25. The van der Waals surface area contributed by atoms with E-state index in [1.807, 2.05) is 19.1 Å². The van der Waals surface area contributed by atoms with Crippen LogP contribution in [0.1, 0.15) is 51.2 Å². The maximum absolute atomic E-state index is 11.9. The first-order valence-electron chi connectivity index (χ1n) is 9.69. The Morgan fingerprint density at radius 2 is 2.19 bits per heavy atom. The summed E-state index contributed by atoms with van der Waals surface area (Å²) in [5.74, 6) is 1.69. The summed E-state index contributed by atoms with van der Waals surface area (Å²) < 4.78 is 10.7. The van der Waals surface area contributed by atoms with Crippen molar-refractivity contribution in [1.29, 1.82) is 0 Å². The van der Waals surface area contributed by atoms with Crippen molar-refractivity contribution in [2.24, 2.45) is 4.99 Å². The van der Waals surface area contributed by atoms with Gasteiger partial charge in [0, 0.05) is 38.7 Å². The fourth-order valence-corrected chi connectivity index (χ4v) is 2.93. The molecule has 0 unspecified atom stereocenters. The van der Waals surface area contributed by atoms with Crippen LogP contribution in [0.2, 0.25) is 0 Å². The van der Waals surface area contributed by atoms with Crippen molar-refractivity contribution in [3.8, 4) is 0 Å². The van der Waals surface area contributed by atoms with Crippen molar-refractivity contribution in [2.45, 2.75) is 58.1 Å². The monoisotopic (exact) mass is 364 g/mol. The quantitative estimate of drug-likeness (QED) is 0.318. The standard InChI is InChI=1S/C19H32N4O3/c1-2-20-19(21-11-6-13-25-15-17-9-5-14-26-17)22-12-10-18(24)23-16-7-3-4-8-16/h5,9,14,16H,2-4,6-8,10-13,15H2,1H3,(H,23,24)(H2,20,21,22). The average molecular weight is 364 g/mol. The van der Waals surface area contributed by atoms with Gasteiger partial charge in [-0.25, -0.2) is 0 Å². The highest BCUT2D eigenvalue weighted by molar-refractivity contribution is 5.81. The maximum atomic E-state index is 11.9. The summed E-state index contributed by atoms with van der Waals surface area (Å²) >= 11 is 0. The molecule has 1 aromatic rings. The van der Waals surface area contributed by atoms with Crippen LogP contribution in [-0.2, 0) is 16.1 Å². The second-order valence-corrected chi connectivity index (χ2v) is 6.47. The number of guanidine groups is 1. The van der Waals surface area contributed by atoms with Crippen LogP contribution in [0.5, 0.6) is 0 Å². The highest BCUT2D eigenvalue weighted by Gasteiger charge is 2.16. The normalized spacial score (nSPS) is 15.2. The van der Waals surface area contributed by atoms with Crippen LogP contribution in [0.25, 0.3) is 0 Å². The Kier molecular flexibility index (Phi) is 9.64. The molecule has 1 heterocycles. The summed E-state index contributed by atoms with van der Waals surface area (Å²) in [6.07, 6.45) is 7.63. The summed E-state index contributed by atoms with van der Waals surface area (Å²) in [5.41, 5.74) is 0. The number of carbonyl (C=O) groups excluding carboxylic acids is 1. The zero-order valence-corrected chi connectivity index (χ0v) is 15.8. The molecule has 2 rings (SSSR count). The van der Waals surface area contributed by atoms with E-state index >= 15 is 0 Å². The van der Waals surface area contributed by atoms with Crippen LogP contribution in [0.15, 0.2) is 27.8 Å². The molecule has 0 aliphatic heterocycles. The van der Waals surface area contributed by atoms with E-state index in [-0.39, 0.29) is 5.91 Å². The number of nitrogens with one attached hydrogen (secondary N) is 3. The van der Waals surface area contributed by atoms with Gasteiger partial charge < -0.3 is 25.1 Å². The van der Waals surface area contributed by atoms with Crippen LogP contribution in [0, 0.1) is 0 Å². The largest absolute Gasteiger partial charge is 0.467 e. The number of rotatable bonds is 11. The number of amides is 1. The van der Waals surface area contributed by atoms with Gasteiger partial charge in [-0.15, -0.1) is 0 Å². The lowest BCUT2D eigenvalue weighted by Gasteiger charge is -2.13. The zero-order chi connectivity index (χ0) is 18.5. The van der Waals surface area contributed by atoms with Gasteiger partial charge in [0.1, 0.15) is 12.4 Å². The minimum atomic E-state index is 0.117. The SMILES string of the molecule is CCNC(=NCCCOCc1ccco1)NCCC(=O)NC1CCCC1. The van der Waals surface area contributed by atoms with Gasteiger partial charge in [0.25, 0.3) is 0 Å². The van der Waals surface area contributed by atoms with Crippen LogP contribution < -0.4 is 16.0 Å². The zero-order valence-electron chi connectivity index (χ0n) is 15.8. The molecule has 1 aromatic heterocycles. The van der Waals surface area contributed by atoms with Gasteiger partial charge in [0.15, 0.2) is 5.96 Å². The fourth-order valence-electron chi connectivity index (χ4n) is 2.93. The molecule has 7 nitrogen and oxygen atoms in total. The van der Waals surface area contributed by atoms with Gasteiger partial charge in [0.05, 0.1) is 6.26 Å². The van der Waals surface area contributed by atoms with Gasteiger partial charge in [-0.2, -0.15) is 0 Å². The third kappa shape index (κ3) is 8.38. The molecule has 1 aliphatic rings. The van der Waals surface area contributed by atoms with E-state index in [1.165, 1.54) is 12.8 Å². The molecule has 7 heteroatoms. The number of aliphatic imine (C=N–C) groups is 1. The predicted octanol–water partition coefficient (Wildman–Crippen LogP) is 2.19. The van der Waals surface area contributed by atoms with Gasteiger partial charge in [0.2, 0.25) is 5.91 Å². The van der Waals surface area contributed by atoms with E-state index in [0.29, 0.717) is 38.8 Å². The Labute approximate surface area is 156 Å². The highest BCUT2D eigenvalue weighted by Crippen LogP contribution is 2.17.